The van der Waals surface area contributed by atoms with Crippen LogP contribution in [-0.2, 0) is 13.7 Å². The summed E-state index contributed by atoms with van der Waals surface area (Å²) < 4.78 is 8.67. The van der Waals surface area contributed by atoms with Gasteiger partial charge in [-0.1, -0.05) is 54.6 Å². The Morgan fingerprint density at radius 2 is 1.58 bits per heavy atom. The summed E-state index contributed by atoms with van der Waals surface area (Å²) in [5.74, 6) is 0.770. The number of ether oxygens (including phenoxy) is 1. The Balaban J connectivity index is 1.43. The molecule has 33 heavy (non-hydrogen) atoms. The number of tetrazole rings is 1. The Hall–Kier alpha value is -4.19. The lowest BCUT2D eigenvalue weighted by Crippen LogP contribution is -2.23. The third kappa shape index (κ3) is 3.91. The second-order valence-electron chi connectivity index (χ2n) is 8.20. The van der Waals surface area contributed by atoms with Crippen LogP contribution in [0.5, 0.6) is 5.75 Å². The van der Waals surface area contributed by atoms with Crippen molar-refractivity contribution in [3.63, 3.8) is 0 Å². The average Bonchev–Trinajstić information content (AvgIpc) is 3.16. The number of rotatable bonds is 5. The highest BCUT2D eigenvalue weighted by molar-refractivity contribution is 5.88. The molecule has 164 valence electrons. The van der Waals surface area contributed by atoms with Crippen molar-refractivity contribution in [3.8, 4) is 22.6 Å². The molecule has 0 spiro atoms. The molecule has 1 heterocycles. The second-order valence-corrected chi connectivity index (χ2v) is 8.20. The van der Waals surface area contributed by atoms with E-state index in [0.717, 1.165) is 27.6 Å². The van der Waals surface area contributed by atoms with Gasteiger partial charge in [0, 0.05) is 12.6 Å². The number of fused-ring (bicyclic) bond motifs is 1. The standard InChI is InChI=1S/C27H24N4O2/c1-18-7-4-5-9-24(18)22-12-11-21-16-23(14-13-20(21)15-22)33-17-25-19(2)8-6-10-26(25)31-27(32)30(3)28-29-31/h4-16H,17H2,1-3H3. The molecule has 0 aliphatic heterocycles. The monoisotopic (exact) mass is 436 g/mol. The minimum absolute atomic E-state index is 0.294. The van der Waals surface area contributed by atoms with Crippen LogP contribution in [-0.4, -0.2) is 19.8 Å². The third-order valence-corrected chi connectivity index (χ3v) is 5.99. The van der Waals surface area contributed by atoms with E-state index in [9.17, 15) is 4.79 Å². The van der Waals surface area contributed by atoms with Gasteiger partial charge in [-0.25, -0.2) is 4.79 Å². The first-order valence-electron chi connectivity index (χ1n) is 10.8. The van der Waals surface area contributed by atoms with Crippen LogP contribution in [0.4, 0.5) is 0 Å². The van der Waals surface area contributed by atoms with E-state index < -0.39 is 0 Å². The van der Waals surface area contributed by atoms with Crippen LogP contribution in [0.2, 0.25) is 0 Å². The smallest absolute Gasteiger partial charge is 0.368 e. The van der Waals surface area contributed by atoms with Gasteiger partial charge in [-0.05, 0) is 81.6 Å². The number of nitrogens with zero attached hydrogens (tertiary/aromatic N) is 4. The summed E-state index contributed by atoms with van der Waals surface area (Å²) in [6.45, 7) is 4.44. The summed E-state index contributed by atoms with van der Waals surface area (Å²) in [7, 11) is 1.58. The number of hydrogen-bond donors (Lipinski definition) is 0. The molecule has 0 aliphatic rings. The largest absolute Gasteiger partial charge is 0.489 e. The van der Waals surface area contributed by atoms with Crippen LogP contribution in [0.15, 0.2) is 83.7 Å². The molecule has 0 amide bonds. The van der Waals surface area contributed by atoms with Gasteiger partial charge in [0.25, 0.3) is 0 Å². The van der Waals surface area contributed by atoms with E-state index in [-0.39, 0.29) is 5.69 Å². The maximum Gasteiger partial charge on any atom is 0.368 e. The Morgan fingerprint density at radius 1 is 0.818 bits per heavy atom. The van der Waals surface area contributed by atoms with Gasteiger partial charge >= 0.3 is 5.69 Å². The molecule has 5 rings (SSSR count). The van der Waals surface area contributed by atoms with Gasteiger partial charge in [0.2, 0.25) is 0 Å². The van der Waals surface area contributed by atoms with Gasteiger partial charge in [-0.3, -0.25) is 0 Å². The van der Waals surface area contributed by atoms with E-state index in [2.05, 4.69) is 65.9 Å². The van der Waals surface area contributed by atoms with E-state index in [4.69, 9.17) is 4.74 Å². The van der Waals surface area contributed by atoms with Crippen molar-refractivity contribution in [1.82, 2.24) is 19.8 Å². The molecule has 0 aliphatic carbocycles. The molecule has 5 aromatic rings. The van der Waals surface area contributed by atoms with Crippen LogP contribution in [0.1, 0.15) is 16.7 Å². The molecule has 0 bridgehead atoms. The lowest BCUT2D eigenvalue weighted by molar-refractivity contribution is 0.305. The summed E-state index contributed by atoms with van der Waals surface area (Å²) in [5.41, 5.74) is 6.00. The lowest BCUT2D eigenvalue weighted by atomic mass is 9.98. The predicted molar refractivity (Wildman–Crippen MR) is 130 cm³/mol. The molecule has 0 radical (unpaired) electrons. The van der Waals surface area contributed by atoms with Crippen molar-refractivity contribution >= 4 is 10.8 Å². The number of hydrogen-bond acceptors (Lipinski definition) is 4. The molecular weight excluding hydrogens is 412 g/mol. The minimum Gasteiger partial charge on any atom is -0.489 e. The summed E-state index contributed by atoms with van der Waals surface area (Å²) >= 11 is 0. The highest BCUT2D eigenvalue weighted by Crippen LogP contribution is 2.29. The quantitative estimate of drug-likeness (QED) is 0.390. The summed E-state index contributed by atoms with van der Waals surface area (Å²) in [6, 6.07) is 26.8. The third-order valence-electron chi connectivity index (χ3n) is 5.99. The van der Waals surface area contributed by atoms with Crippen LogP contribution in [0.3, 0.4) is 0 Å². The van der Waals surface area contributed by atoms with Crippen molar-refractivity contribution in [2.45, 2.75) is 20.5 Å². The molecule has 4 aromatic carbocycles. The SMILES string of the molecule is Cc1ccccc1-c1ccc2cc(OCc3c(C)cccc3-n3nnn(C)c3=O)ccc2c1. The molecule has 0 unspecified atom stereocenters. The van der Waals surface area contributed by atoms with E-state index in [0.29, 0.717) is 12.3 Å². The maximum absolute atomic E-state index is 12.4. The van der Waals surface area contributed by atoms with E-state index in [1.54, 1.807) is 7.05 Å². The lowest BCUT2D eigenvalue weighted by Gasteiger charge is -2.13. The van der Waals surface area contributed by atoms with Gasteiger partial charge in [0.1, 0.15) is 12.4 Å². The van der Waals surface area contributed by atoms with Gasteiger partial charge in [-0.2, -0.15) is 9.36 Å². The van der Waals surface area contributed by atoms with Gasteiger partial charge < -0.3 is 4.74 Å². The van der Waals surface area contributed by atoms with Crippen molar-refractivity contribution in [1.29, 1.82) is 0 Å². The molecule has 0 saturated heterocycles. The Morgan fingerprint density at radius 3 is 2.36 bits per heavy atom. The molecule has 0 atom stereocenters. The second kappa shape index (κ2) is 8.39. The average molecular weight is 437 g/mol. The predicted octanol–water partition coefficient (Wildman–Crippen LogP) is 4.98. The van der Waals surface area contributed by atoms with E-state index in [1.165, 1.54) is 26.1 Å². The first kappa shape index (κ1) is 20.7. The highest BCUT2D eigenvalue weighted by Gasteiger charge is 2.14. The first-order valence-corrected chi connectivity index (χ1v) is 10.8. The van der Waals surface area contributed by atoms with Crippen LogP contribution in [0.25, 0.3) is 27.6 Å². The number of benzene rings is 4. The maximum atomic E-state index is 12.4. The zero-order valence-electron chi connectivity index (χ0n) is 18.8. The van der Waals surface area contributed by atoms with Crippen LogP contribution < -0.4 is 10.4 Å². The minimum atomic E-state index is -0.294. The van der Waals surface area contributed by atoms with Gasteiger partial charge in [0.05, 0.1) is 5.69 Å². The van der Waals surface area contributed by atoms with Crippen LogP contribution in [0, 0.1) is 13.8 Å². The van der Waals surface area contributed by atoms with Crippen LogP contribution >= 0.6 is 0 Å². The summed E-state index contributed by atoms with van der Waals surface area (Å²) in [5, 5.41) is 10.1. The molecule has 0 saturated carbocycles. The fourth-order valence-electron chi connectivity index (χ4n) is 4.07. The first-order chi connectivity index (χ1) is 16.0. The normalized spacial score (nSPS) is 11.1. The Kier molecular flexibility index (Phi) is 5.26. The van der Waals surface area contributed by atoms with E-state index in [1.807, 2.05) is 37.3 Å². The van der Waals surface area contributed by atoms with Crippen molar-refractivity contribution in [2.24, 2.45) is 7.05 Å². The zero-order chi connectivity index (χ0) is 22.9. The zero-order valence-corrected chi connectivity index (χ0v) is 18.8. The fourth-order valence-corrected chi connectivity index (χ4v) is 4.07. The molecule has 6 heteroatoms. The Labute approximate surface area is 191 Å². The molecule has 0 N–H and O–H groups in total. The number of aryl methyl sites for hydroxylation is 3. The van der Waals surface area contributed by atoms with Crippen molar-refractivity contribution in [2.75, 3.05) is 0 Å². The summed E-state index contributed by atoms with van der Waals surface area (Å²) in [6.07, 6.45) is 0. The van der Waals surface area contributed by atoms with Gasteiger partial charge in [0.15, 0.2) is 0 Å². The van der Waals surface area contributed by atoms with Crippen molar-refractivity contribution < 1.29 is 4.74 Å². The molecule has 0 fully saturated rings. The Bertz CT molecular complexity index is 1530. The number of aromatic nitrogens is 4. The van der Waals surface area contributed by atoms with E-state index >= 15 is 0 Å². The fraction of sp³-hybridized carbons (Fsp3) is 0.148. The molecule has 1 aromatic heterocycles. The topological polar surface area (TPSA) is 61.9 Å². The highest BCUT2D eigenvalue weighted by atomic mass is 16.5. The summed E-state index contributed by atoms with van der Waals surface area (Å²) in [4.78, 5) is 12.4. The van der Waals surface area contributed by atoms with Gasteiger partial charge in [-0.15, -0.1) is 0 Å². The van der Waals surface area contributed by atoms with Crippen molar-refractivity contribution in [3.05, 3.63) is 106 Å². The molecular formula is C27H24N4O2. The molecule has 6 nitrogen and oxygen atoms in total.